The number of para-hydroxylation sites is 1. The van der Waals surface area contributed by atoms with Gasteiger partial charge in [0.15, 0.2) is 11.4 Å². The van der Waals surface area contributed by atoms with Gasteiger partial charge in [-0.2, -0.15) is 0 Å². The van der Waals surface area contributed by atoms with Crippen LogP contribution in [0.2, 0.25) is 0 Å². The zero-order valence-corrected chi connectivity index (χ0v) is 14.7. The summed E-state index contributed by atoms with van der Waals surface area (Å²) in [6, 6.07) is 10.4. The number of carbonyl (C=O) groups is 2. The Kier molecular flexibility index (Phi) is 4.18. The molecule has 1 amide bonds. The molecule has 0 saturated heterocycles. The summed E-state index contributed by atoms with van der Waals surface area (Å²) in [4.78, 5) is 36.9. The van der Waals surface area contributed by atoms with Gasteiger partial charge in [0, 0.05) is 23.2 Å². The molecule has 2 aromatic carbocycles. The van der Waals surface area contributed by atoms with Crippen LogP contribution in [0, 0.1) is 10.1 Å². The smallest absolute Gasteiger partial charge is 0.280 e. The number of halogens is 1. The number of fused-ring (bicyclic) bond motifs is 1. The molecule has 0 aliphatic carbocycles. The van der Waals surface area contributed by atoms with Crippen molar-refractivity contribution >= 4 is 39.0 Å². The predicted octanol–water partition coefficient (Wildman–Crippen LogP) is 2.79. The average molecular weight is 405 g/mol. The summed E-state index contributed by atoms with van der Waals surface area (Å²) in [7, 11) is 1.50. The van der Waals surface area contributed by atoms with Crippen LogP contribution in [0.15, 0.2) is 46.9 Å². The van der Waals surface area contributed by atoms with Crippen molar-refractivity contribution in [2.24, 2.45) is 0 Å². The van der Waals surface area contributed by atoms with Gasteiger partial charge >= 0.3 is 0 Å². The fourth-order valence-corrected chi connectivity index (χ4v) is 3.36. The third-order valence-corrected chi connectivity index (χ3v) is 4.73. The normalized spacial score (nSPS) is 19.0. The number of nitrogens with zero attached hydrogens (tertiary/aromatic N) is 2. The van der Waals surface area contributed by atoms with E-state index in [2.05, 4.69) is 15.9 Å². The average Bonchev–Trinajstić information content (AvgIpc) is 2.76. The monoisotopic (exact) mass is 404 g/mol. The third kappa shape index (κ3) is 2.73. The van der Waals surface area contributed by atoms with Crippen molar-refractivity contribution in [2.75, 3.05) is 11.9 Å². The topological polar surface area (TPSA) is 101 Å². The van der Waals surface area contributed by atoms with Gasteiger partial charge in [0.2, 0.25) is 0 Å². The van der Waals surface area contributed by atoms with E-state index < -0.39 is 28.6 Å². The summed E-state index contributed by atoms with van der Waals surface area (Å²) in [5.74, 6) is -1.32. The van der Waals surface area contributed by atoms with Gasteiger partial charge in [-0.15, -0.1) is 0 Å². The second-order valence-corrected chi connectivity index (χ2v) is 6.68. The molecule has 1 aliphatic rings. The maximum Gasteiger partial charge on any atom is 0.280 e. The molecular formula is C17H13BrN2O5. The van der Waals surface area contributed by atoms with E-state index in [4.69, 9.17) is 0 Å². The first kappa shape index (κ1) is 17.2. The van der Waals surface area contributed by atoms with Gasteiger partial charge in [-0.25, -0.2) is 0 Å². The predicted molar refractivity (Wildman–Crippen MR) is 93.5 cm³/mol. The molecule has 2 aromatic rings. The fourth-order valence-electron chi connectivity index (χ4n) is 3.00. The Morgan fingerprint density at radius 1 is 1.32 bits per heavy atom. The molecule has 0 spiro atoms. The first-order chi connectivity index (χ1) is 11.8. The van der Waals surface area contributed by atoms with E-state index in [9.17, 15) is 24.8 Å². The number of benzene rings is 2. The van der Waals surface area contributed by atoms with E-state index in [1.54, 1.807) is 18.2 Å². The minimum Gasteiger partial charge on any atom is -0.375 e. The summed E-state index contributed by atoms with van der Waals surface area (Å²) >= 11 is 3.28. The SMILES string of the molecule is CN1C(=O)C(O)(CC(=O)c2ccccc2[N+](=O)[O-])c2cc(Br)ccc21. The van der Waals surface area contributed by atoms with Gasteiger partial charge in [-0.1, -0.05) is 28.1 Å². The number of aliphatic hydroxyl groups is 1. The highest BCUT2D eigenvalue weighted by atomic mass is 79.9. The van der Waals surface area contributed by atoms with E-state index in [-0.39, 0.29) is 11.3 Å². The van der Waals surface area contributed by atoms with Crippen molar-refractivity contribution < 1.29 is 19.6 Å². The Morgan fingerprint density at radius 2 is 2.00 bits per heavy atom. The molecule has 128 valence electrons. The fraction of sp³-hybridized carbons (Fsp3) is 0.176. The van der Waals surface area contributed by atoms with Crippen LogP contribution >= 0.6 is 15.9 Å². The number of nitro groups is 1. The molecule has 1 N–H and O–H groups in total. The number of carbonyl (C=O) groups excluding carboxylic acids is 2. The van der Waals surface area contributed by atoms with Crippen LogP contribution in [0.5, 0.6) is 0 Å². The van der Waals surface area contributed by atoms with Crippen LogP contribution in [-0.4, -0.2) is 28.8 Å². The number of Topliss-reactive ketones (excluding diaryl/α,β-unsaturated/α-hetero) is 1. The lowest BCUT2D eigenvalue weighted by atomic mass is 9.88. The van der Waals surface area contributed by atoms with Crippen LogP contribution in [0.4, 0.5) is 11.4 Å². The minimum atomic E-state index is -2.06. The van der Waals surface area contributed by atoms with E-state index >= 15 is 0 Å². The van der Waals surface area contributed by atoms with Crippen LogP contribution in [0.25, 0.3) is 0 Å². The van der Waals surface area contributed by atoms with Crippen LogP contribution < -0.4 is 4.90 Å². The highest BCUT2D eigenvalue weighted by Crippen LogP contribution is 2.43. The molecule has 0 bridgehead atoms. The summed E-state index contributed by atoms with van der Waals surface area (Å²) < 4.78 is 0.644. The molecule has 7 nitrogen and oxygen atoms in total. The van der Waals surface area contributed by atoms with Crippen molar-refractivity contribution in [1.82, 2.24) is 0 Å². The summed E-state index contributed by atoms with van der Waals surface area (Å²) in [5, 5.41) is 22.1. The number of hydrogen-bond acceptors (Lipinski definition) is 5. The molecule has 25 heavy (non-hydrogen) atoms. The Hall–Kier alpha value is -2.58. The Morgan fingerprint density at radius 3 is 2.68 bits per heavy atom. The molecule has 0 aromatic heterocycles. The van der Waals surface area contributed by atoms with E-state index in [1.165, 1.54) is 36.2 Å². The number of rotatable bonds is 4. The standard InChI is InChI=1S/C17H13BrN2O5/c1-19-14-7-6-10(18)8-12(14)17(23,16(19)22)9-15(21)11-4-2-3-5-13(11)20(24)25/h2-8,23H,9H2,1H3. The molecule has 0 saturated carbocycles. The maximum atomic E-state index is 12.6. The van der Waals surface area contributed by atoms with Gasteiger partial charge < -0.3 is 10.0 Å². The largest absolute Gasteiger partial charge is 0.375 e. The first-order valence-electron chi connectivity index (χ1n) is 7.33. The Bertz CT molecular complexity index is 914. The number of likely N-dealkylation sites (N-methyl/N-ethyl adjacent to an activating group) is 1. The van der Waals surface area contributed by atoms with Gasteiger partial charge in [-0.05, 0) is 24.3 Å². The van der Waals surface area contributed by atoms with Crippen molar-refractivity contribution in [3.63, 3.8) is 0 Å². The van der Waals surface area contributed by atoms with Gasteiger partial charge in [0.1, 0.15) is 0 Å². The van der Waals surface area contributed by atoms with E-state index in [1.807, 2.05) is 0 Å². The zero-order chi connectivity index (χ0) is 18.4. The van der Waals surface area contributed by atoms with E-state index in [0.717, 1.165) is 0 Å². The molecule has 0 radical (unpaired) electrons. The number of anilines is 1. The Balaban J connectivity index is 2.04. The quantitative estimate of drug-likeness (QED) is 0.479. The molecule has 1 atom stereocenters. The highest BCUT2D eigenvalue weighted by molar-refractivity contribution is 9.10. The molecule has 1 aliphatic heterocycles. The molecule has 1 unspecified atom stereocenters. The van der Waals surface area contributed by atoms with Crippen molar-refractivity contribution in [1.29, 1.82) is 0 Å². The molecule has 0 fully saturated rings. The third-order valence-electron chi connectivity index (χ3n) is 4.24. The number of hydrogen-bond donors (Lipinski definition) is 1. The molecule has 8 heteroatoms. The van der Waals surface area contributed by atoms with Crippen LogP contribution in [-0.2, 0) is 10.4 Å². The maximum absolute atomic E-state index is 12.6. The lowest BCUT2D eigenvalue weighted by Crippen LogP contribution is -2.40. The second-order valence-electron chi connectivity index (χ2n) is 5.76. The Labute approximate surface area is 151 Å². The summed E-state index contributed by atoms with van der Waals surface area (Å²) in [5.41, 5.74) is -1.77. The lowest BCUT2D eigenvalue weighted by molar-refractivity contribution is -0.385. The van der Waals surface area contributed by atoms with Crippen LogP contribution in [0.1, 0.15) is 22.3 Å². The second kappa shape index (κ2) is 6.05. The molecular weight excluding hydrogens is 392 g/mol. The number of nitro benzene ring substituents is 1. The van der Waals surface area contributed by atoms with Crippen molar-refractivity contribution in [2.45, 2.75) is 12.0 Å². The van der Waals surface area contributed by atoms with Gasteiger partial charge in [0.05, 0.1) is 22.6 Å². The zero-order valence-electron chi connectivity index (χ0n) is 13.1. The molecule has 1 heterocycles. The lowest BCUT2D eigenvalue weighted by Gasteiger charge is -2.21. The molecule has 3 rings (SSSR count). The summed E-state index contributed by atoms with van der Waals surface area (Å²) in [6.45, 7) is 0. The highest BCUT2D eigenvalue weighted by Gasteiger charge is 2.50. The number of amides is 1. The van der Waals surface area contributed by atoms with Gasteiger partial charge in [0.25, 0.3) is 11.6 Å². The first-order valence-corrected chi connectivity index (χ1v) is 8.12. The van der Waals surface area contributed by atoms with Gasteiger partial charge in [-0.3, -0.25) is 19.7 Å². The van der Waals surface area contributed by atoms with Crippen molar-refractivity contribution in [3.05, 3.63) is 68.2 Å². The summed E-state index contributed by atoms with van der Waals surface area (Å²) in [6.07, 6.45) is -0.579. The number of ketones is 1. The minimum absolute atomic E-state index is 0.139. The van der Waals surface area contributed by atoms with Crippen LogP contribution in [0.3, 0.4) is 0 Å². The van der Waals surface area contributed by atoms with Crippen molar-refractivity contribution in [3.8, 4) is 0 Å². The van der Waals surface area contributed by atoms with E-state index in [0.29, 0.717) is 15.7 Å².